The Bertz CT molecular complexity index is 610. The summed E-state index contributed by atoms with van der Waals surface area (Å²) >= 11 is 0. The number of carbonyl (C=O) groups is 1. The van der Waals surface area contributed by atoms with Crippen molar-refractivity contribution in [2.24, 2.45) is 0 Å². The maximum absolute atomic E-state index is 12.4. The van der Waals surface area contributed by atoms with E-state index in [1.165, 1.54) is 0 Å². The third-order valence-electron chi connectivity index (χ3n) is 3.81. The molecule has 5 heteroatoms. The molecule has 0 aliphatic carbocycles. The van der Waals surface area contributed by atoms with Crippen LogP contribution < -0.4 is 10.6 Å². The van der Waals surface area contributed by atoms with E-state index in [0.717, 1.165) is 49.4 Å². The summed E-state index contributed by atoms with van der Waals surface area (Å²) in [5.41, 5.74) is 3.05. The zero-order valence-corrected chi connectivity index (χ0v) is 13.1. The van der Waals surface area contributed by atoms with Gasteiger partial charge in [-0.2, -0.15) is 5.26 Å². The van der Waals surface area contributed by atoms with E-state index in [1.807, 2.05) is 43.0 Å². The average Bonchev–Trinajstić information content (AvgIpc) is 2.55. The van der Waals surface area contributed by atoms with Gasteiger partial charge >= 0.3 is 0 Å². The minimum absolute atomic E-state index is 0.146. The fraction of sp³-hybridized carbons (Fsp3) is 0.412. The lowest BCUT2D eigenvalue weighted by atomic mass is 10.1. The van der Waals surface area contributed by atoms with Gasteiger partial charge in [0.1, 0.15) is 11.6 Å². The standard InChI is InChI=1S/C17H22N4O/c1-3-14-6-4-5-13(2)16(14)20-17(22)15(11-18)12-21-9-7-19-8-10-21/h4-6,12,19H,3,7-10H2,1-2H3,(H,20,22)/b15-12-. The first-order valence-electron chi connectivity index (χ1n) is 7.62. The third-order valence-corrected chi connectivity index (χ3v) is 3.81. The Morgan fingerprint density at radius 3 is 2.82 bits per heavy atom. The molecule has 1 saturated heterocycles. The monoisotopic (exact) mass is 298 g/mol. The quantitative estimate of drug-likeness (QED) is 0.657. The molecular formula is C17H22N4O. The van der Waals surface area contributed by atoms with E-state index >= 15 is 0 Å². The third kappa shape index (κ3) is 3.86. The second-order valence-electron chi connectivity index (χ2n) is 5.36. The van der Waals surface area contributed by atoms with Crippen LogP contribution in [-0.4, -0.2) is 37.0 Å². The van der Waals surface area contributed by atoms with Gasteiger partial charge in [-0.25, -0.2) is 0 Å². The zero-order chi connectivity index (χ0) is 15.9. The fourth-order valence-corrected chi connectivity index (χ4v) is 2.51. The summed E-state index contributed by atoms with van der Waals surface area (Å²) in [5, 5.41) is 15.4. The van der Waals surface area contributed by atoms with Crippen LogP contribution in [0.25, 0.3) is 0 Å². The van der Waals surface area contributed by atoms with E-state index < -0.39 is 0 Å². The van der Waals surface area contributed by atoms with E-state index in [9.17, 15) is 10.1 Å². The van der Waals surface area contributed by atoms with Gasteiger partial charge in [0.15, 0.2) is 0 Å². The first-order valence-corrected chi connectivity index (χ1v) is 7.62. The molecule has 0 radical (unpaired) electrons. The lowest BCUT2D eigenvalue weighted by Gasteiger charge is -2.26. The lowest BCUT2D eigenvalue weighted by molar-refractivity contribution is -0.112. The molecule has 2 rings (SSSR count). The molecule has 0 saturated carbocycles. The van der Waals surface area contributed by atoms with Gasteiger partial charge in [0.2, 0.25) is 0 Å². The summed E-state index contributed by atoms with van der Waals surface area (Å²) in [7, 11) is 0. The number of hydrogen-bond acceptors (Lipinski definition) is 4. The molecule has 1 aromatic carbocycles. The van der Waals surface area contributed by atoms with Crippen molar-refractivity contribution in [3.05, 3.63) is 41.1 Å². The van der Waals surface area contributed by atoms with Crippen molar-refractivity contribution in [1.82, 2.24) is 10.2 Å². The van der Waals surface area contributed by atoms with Crippen molar-refractivity contribution in [3.8, 4) is 6.07 Å². The Kier molecular flexibility index (Phi) is 5.56. The van der Waals surface area contributed by atoms with Crippen molar-refractivity contribution in [2.75, 3.05) is 31.5 Å². The van der Waals surface area contributed by atoms with Crippen LogP contribution in [0.3, 0.4) is 0 Å². The van der Waals surface area contributed by atoms with Crippen molar-refractivity contribution in [2.45, 2.75) is 20.3 Å². The summed E-state index contributed by atoms with van der Waals surface area (Å²) in [5.74, 6) is -0.343. The molecule has 1 aliphatic heterocycles. The summed E-state index contributed by atoms with van der Waals surface area (Å²) in [6, 6.07) is 7.94. The number of nitriles is 1. The molecule has 1 amide bonds. The van der Waals surface area contributed by atoms with Crippen LogP contribution in [0.4, 0.5) is 5.69 Å². The smallest absolute Gasteiger partial charge is 0.267 e. The molecule has 0 unspecified atom stereocenters. The maximum atomic E-state index is 12.4. The molecule has 2 N–H and O–H groups in total. The number of para-hydroxylation sites is 1. The van der Waals surface area contributed by atoms with Crippen LogP contribution in [-0.2, 0) is 11.2 Å². The normalized spacial score (nSPS) is 15.3. The van der Waals surface area contributed by atoms with Gasteiger partial charge in [-0.15, -0.1) is 0 Å². The molecule has 0 aromatic heterocycles. The predicted octanol–water partition coefficient (Wildman–Crippen LogP) is 1.81. The van der Waals surface area contributed by atoms with Crippen LogP contribution >= 0.6 is 0 Å². The highest BCUT2D eigenvalue weighted by molar-refractivity contribution is 6.07. The van der Waals surface area contributed by atoms with Crippen molar-refractivity contribution in [1.29, 1.82) is 5.26 Å². The van der Waals surface area contributed by atoms with Gasteiger partial charge in [-0.1, -0.05) is 25.1 Å². The molecule has 1 aromatic rings. The summed E-state index contributed by atoms with van der Waals surface area (Å²) < 4.78 is 0. The molecule has 5 nitrogen and oxygen atoms in total. The van der Waals surface area contributed by atoms with Gasteiger partial charge < -0.3 is 15.5 Å². The minimum atomic E-state index is -0.343. The molecular weight excluding hydrogens is 276 g/mol. The molecule has 1 fully saturated rings. The Morgan fingerprint density at radius 1 is 1.45 bits per heavy atom. The van der Waals surface area contributed by atoms with Crippen LogP contribution in [0, 0.1) is 18.3 Å². The second kappa shape index (κ2) is 7.62. The van der Waals surface area contributed by atoms with E-state index in [4.69, 9.17) is 0 Å². The van der Waals surface area contributed by atoms with Crippen LogP contribution in [0.1, 0.15) is 18.1 Å². The number of carbonyl (C=O) groups excluding carboxylic acids is 1. The van der Waals surface area contributed by atoms with Gasteiger partial charge in [0, 0.05) is 38.1 Å². The van der Waals surface area contributed by atoms with Crippen molar-refractivity contribution >= 4 is 11.6 Å². The summed E-state index contributed by atoms with van der Waals surface area (Å²) in [6.45, 7) is 7.36. The topological polar surface area (TPSA) is 68.2 Å². The van der Waals surface area contributed by atoms with E-state index in [-0.39, 0.29) is 11.5 Å². The Balaban J connectivity index is 2.16. The van der Waals surface area contributed by atoms with Crippen molar-refractivity contribution in [3.63, 3.8) is 0 Å². The first-order chi connectivity index (χ1) is 10.7. The highest BCUT2D eigenvalue weighted by atomic mass is 16.1. The maximum Gasteiger partial charge on any atom is 0.267 e. The summed E-state index contributed by atoms with van der Waals surface area (Å²) in [6.07, 6.45) is 2.50. The van der Waals surface area contributed by atoms with Gasteiger partial charge in [0.25, 0.3) is 5.91 Å². The first kappa shape index (κ1) is 16.1. The zero-order valence-electron chi connectivity index (χ0n) is 13.1. The van der Waals surface area contributed by atoms with Crippen LogP contribution in [0.5, 0.6) is 0 Å². The highest BCUT2D eigenvalue weighted by Crippen LogP contribution is 2.21. The lowest BCUT2D eigenvalue weighted by Crippen LogP contribution is -2.41. The SMILES string of the molecule is CCc1cccc(C)c1NC(=O)/C(C#N)=C\N1CCNCC1. The van der Waals surface area contributed by atoms with Gasteiger partial charge in [-0.05, 0) is 24.5 Å². The summed E-state index contributed by atoms with van der Waals surface area (Å²) in [4.78, 5) is 14.4. The molecule has 1 aliphatic rings. The number of piperazine rings is 1. The van der Waals surface area contributed by atoms with E-state index in [1.54, 1.807) is 6.20 Å². The molecule has 0 bridgehead atoms. The number of anilines is 1. The highest BCUT2D eigenvalue weighted by Gasteiger charge is 2.15. The Hall–Kier alpha value is -2.32. The predicted molar refractivity (Wildman–Crippen MR) is 87.3 cm³/mol. The van der Waals surface area contributed by atoms with Gasteiger partial charge in [-0.3, -0.25) is 4.79 Å². The second-order valence-corrected chi connectivity index (χ2v) is 5.36. The van der Waals surface area contributed by atoms with Crippen LogP contribution in [0.15, 0.2) is 30.0 Å². The molecule has 0 atom stereocenters. The minimum Gasteiger partial charge on any atom is -0.374 e. The average molecular weight is 298 g/mol. The van der Waals surface area contributed by atoms with E-state index in [0.29, 0.717) is 0 Å². The molecule has 1 heterocycles. The number of rotatable bonds is 4. The number of hydrogen-bond donors (Lipinski definition) is 2. The fourth-order valence-electron chi connectivity index (χ4n) is 2.51. The largest absolute Gasteiger partial charge is 0.374 e. The molecule has 22 heavy (non-hydrogen) atoms. The molecule has 116 valence electrons. The number of benzene rings is 1. The van der Waals surface area contributed by atoms with E-state index in [2.05, 4.69) is 10.6 Å². The Morgan fingerprint density at radius 2 is 2.18 bits per heavy atom. The number of nitrogens with one attached hydrogen (secondary N) is 2. The van der Waals surface area contributed by atoms with Crippen molar-refractivity contribution < 1.29 is 4.79 Å². The number of aryl methyl sites for hydroxylation is 2. The molecule has 0 spiro atoms. The van der Waals surface area contributed by atoms with Crippen LogP contribution in [0.2, 0.25) is 0 Å². The number of nitrogens with zero attached hydrogens (tertiary/aromatic N) is 2. The van der Waals surface area contributed by atoms with Gasteiger partial charge in [0.05, 0.1) is 0 Å². The Labute approximate surface area is 131 Å². The number of amides is 1.